The highest BCUT2D eigenvalue weighted by Crippen LogP contribution is 2.25. The smallest absolute Gasteiger partial charge is 0.223 e. The summed E-state index contributed by atoms with van der Waals surface area (Å²) in [4.78, 5) is 15.3. The Balaban J connectivity index is 1.19. The second-order valence-corrected chi connectivity index (χ2v) is 9.87. The zero-order valence-corrected chi connectivity index (χ0v) is 20.6. The van der Waals surface area contributed by atoms with Gasteiger partial charge in [-0.15, -0.1) is 0 Å². The molecule has 1 N–H and O–H groups in total. The van der Waals surface area contributed by atoms with Gasteiger partial charge >= 0.3 is 0 Å². The molecule has 1 aliphatic heterocycles. The lowest BCUT2D eigenvalue weighted by atomic mass is 9.95. The van der Waals surface area contributed by atoms with Gasteiger partial charge in [-0.25, -0.2) is 0 Å². The third-order valence-electron chi connectivity index (χ3n) is 7.37. The molecule has 180 valence electrons. The molecule has 2 heterocycles. The Bertz CT molecular complexity index is 1240. The second kappa shape index (κ2) is 10.9. The molecule has 0 aliphatic carbocycles. The van der Waals surface area contributed by atoms with E-state index in [1.54, 1.807) is 0 Å². The van der Waals surface area contributed by atoms with Crippen molar-refractivity contribution in [2.75, 3.05) is 19.6 Å². The number of para-hydroxylation sites is 1. The number of nitrogens with one attached hydrogen (secondary N) is 1. The van der Waals surface area contributed by atoms with Gasteiger partial charge in [0, 0.05) is 36.8 Å². The maximum absolute atomic E-state index is 12.8. The average Bonchev–Trinajstić information content (AvgIpc) is 3.25. The lowest BCUT2D eigenvalue weighted by Gasteiger charge is -2.31. The summed E-state index contributed by atoms with van der Waals surface area (Å²) in [6, 6.07) is 32.1. The maximum atomic E-state index is 12.8. The number of carbonyl (C=O) groups is 1. The van der Waals surface area contributed by atoms with E-state index in [4.69, 9.17) is 0 Å². The zero-order valence-electron chi connectivity index (χ0n) is 20.6. The number of fused-ring (bicyclic) bond motifs is 1. The Morgan fingerprint density at radius 1 is 0.886 bits per heavy atom. The van der Waals surface area contributed by atoms with Crippen molar-refractivity contribution in [3.8, 4) is 0 Å². The molecule has 4 nitrogen and oxygen atoms in total. The topological polar surface area (TPSA) is 37.3 Å². The van der Waals surface area contributed by atoms with Crippen molar-refractivity contribution in [1.82, 2.24) is 14.8 Å². The van der Waals surface area contributed by atoms with Gasteiger partial charge in [0.15, 0.2) is 0 Å². The first kappa shape index (κ1) is 23.4. The van der Waals surface area contributed by atoms with Gasteiger partial charge in [0.25, 0.3) is 0 Å². The summed E-state index contributed by atoms with van der Waals surface area (Å²) in [6.45, 7) is 6.58. The van der Waals surface area contributed by atoms with Crippen molar-refractivity contribution >= 4 is 16.8 Å². The van der Waals surface area contributed by atoms with Crippen LogP contribution in [0.2, 0.25) is 0 Å². The highest BCUT2D eigenvalue weighted by atomic mass is 16.1. The number of amides is 1. The number of hydrogen-bond donors (Lipinski definition) is 1. The number of aromatic nitrogens is 1. The summed E-state index contributed by atoms with van der Waals surface area (Å²) in [7, 11) is 0. The zero-order chi connectivity index (χ0) is 24.0. The molecule has 5 rings (SSSR count). The van der Waals surface area contributed by atoms with E-state index in [2.05, 4.69) is 107 Å². The van der Waals surface area contributed by atoms with E-state index in [9.17, 15) is 4.79 Å². The van der Waals surface area contributed by atoms with Crippen molar-refractivity contribution in [3.63, 3.8) is 0 Å². The van der Waals surface area contributed by atoms with Crippen LogP contribution in [0.4, 0.5) is 0 Å². The molecule has 0 radical (unpaired) electrons. The first-order valence-corrected chi connectivity index (χ1v) is 12.8. The largest absolute Gasteiger partial charge is 0.355 e. The van der Waals surface area contributed by atoms with Crippen molar-refractivity contribution in [2.45, 2.75) is 38.8 Å². The number of likely N-dealkylation sites (tertiary alicyclic amines) is 1. The van der Waals surface area contributed by atoms with E-state index in [1.807, 2.05) is 6.07 Å². The van der Waals surface area contributed by atoms with Gasteiger partial charge in [0.1, 0.15) is 0 Å². The Hall–Kier alpha value is -3.37. The molecule has 1 amide bonds. The Kier molecular flexibility index (Phi) is 7.29. The molecule has 1 aromatic heterocycles. The lowest BCUT2D eigenvalue weighted by Crippen LogP contribution is -2.41. The van der Waals surface area contributed by atoms with Gasteiger partial charge in [-0.05, 0) is 60.5 Å². The summed E-state index contributed by atoms with van der Waals surface area (Å²) in [5.74, 6) is 0.654. The quantitative estimate of drug-likeness (QED) is 0.356. The molecule has 1 atom stereocenters. The van der Waals surface area contributed by atoms with Crippen LogP contribution in [-0.2, 0) is 17.9 Å². The number of piperidine rings is 1. The summed E-state index contributed by atoms with van der Waals surface area (Å²) in [5, 5.41) is 4.50. The first-order valence-electron chi connectivity index (χ1n) is 12.8. The van der Waals surface area contributed by atoms with E-state index in [1.165, 1.54) is 27.7 Å². The van der Waals surface area contributed by atoms with Crippen LogP contribution in [-0.4, -0.2) is 35.0 Å². The minimum absolute atomic E-state index is 0.115. The van der Waals surface area contributed by atoms with Crippen LogP contribution in [0.1, 0.15) is 42.5 Å². The lowest BCUT2D eigenvalue weighted by molar-refractivity contribution is -0.126. The minimum Gasteiger partial charge on any atom is -0.355 e. The summed E-state index contributed by atoms with van der Waals surface area (Å²) >= 11 is 0. The van der Waals surface area contributed by atoms with Crippen LogP contribution >= 0.6 is 0 Å². The maximum Gasteiger partial charge on any atom is 0.223 e. The molecular weight excluding hydrogens is 430 g/mol. The molecule has 35 heavy (non-hydrogen) atoms. The molecular formula is C31H35N3O. The van der Waals surface area contributed by atoms with Crippen LogP contribution in [0, 0.1) is 5.92 Å². The fourth-order valence-electron chi connectivity index (χ4n) is 5.23. The third-order valence-corrected chi connectivity index (χ3v) is 7.37. The summed E-state index contributed by atoms with van der Waals surface area (Å²) in [5.41, 5.74) is 5.21. The minimum atomic E-state index is 0.115. The van der Waals surface area contributed by atoms with Crippen molar-refractivity contribution in [2.24, 2.45) is 5.92 Å². The Labute approximate surface area is 208 Å². The van der Waals surface area contributed by atoms with E-state index in [0.29, 0.717) is 12.5 Å². The molecule has 0 unspecified atom stereocenters. The van der Waals surface area contributed by atoms with E-state index in [0.717, 1.165) is 39.0 Å². The predicted molar refractivity (Wildman–Crippen MR) is 143 cm³/mol. The predicted octanol–water partition coefficient (Wildman–Crippen LogP) is 5.82. The SMILES string of the molecule is C[C@H](CNC(=O)C1CCN(Cc2cc3ccccc3n2Cc2ccccc2)CC1)c1ccccc1. The van der Waals surface area contributed by atoms with Crippen molar-refractivity contribution in [1.29, 1.82) is 0 Å². The fraction of sp³-hybridized carbons (Fsp3) is 0.323. The molecule has 0 saturated carbocycles. The Morgan fingerprint density at radius 3 is 2.29 bits per heavy atom. The second-order valence-electron chi connectivity index (χ2n) is 9.87. The molecule has 1 saturated heterocycles. The molecule has 1 fully saturated rings. The molecule has 0 spiro atoms. The summed E-state index contributed by atoms with van der Waals surface area (Å²) < 4.78 is 2.45. The van der Waals surface area contributed by atoms with Crippen molar-refractivity contribution < 1.29 is 4.79 Å². The molecule has 4 aromatic rings. The highest BCUT2D eigenvalue weighted by molar-refractivity contribution is 5.81. The van der Waals surface area contributed by atoms with Gasteiger partial charge in [0.05, 0.1) is 0 Å². The number of benzene rings is 3. The number of rotatable bonds is 8. The fourth-order valence-corrected chi connectivity index (χ4v) is 5.23. The van der Waals surface area contributed by atoms with Crippen LogP contribution in [0.15, 0.2) is 91.0 Å². The highest BCUT2D eigenvalue weighted by Gasteiger charge is 2.26. The summed E-state index contributed by atoms with van der Waals surface area (Å²) in [6.07, 6.45) is 1.84. The van der Waals surface area contributed by atoms with Crippen LogP contribution in [0.5, 0.6) is 0 Å². The van der Waals surface area contributed by atoms with Gasteiger partial charge in [-0.3, -0.25) is 9.69 Å². The third kappa shape index (κ3) is 5.66. The average molecular weight is 466 g/mol. The van der Waals surface area contributed by atoms with Gasteiger partial charge < -0.3 is 9.88 Å². The molecule has 4 heteroatoms. The van der Waals surface area contributed by atoms with E-state index >= 15 is 0 Å². The standard InChI is InChI=1S/C31H35N3O/c1-24(26-12-6-3-7-13-26)21-32-31(35)27-16-18-33(19-17-27)23-29-20-28-14-8-9-15-30(28)34(29)22-25-10-4-2-5-11-25/h2-15,20,24,27H,16-19,21-23H2,1H3,(H,32,35)/t24-/m1/s1. The van der Waals surface area contributed by atoms with Crippen molar-refractivity contribution in [3.05, 3.63) is 108 Å². The molecule has 0 bridgehead atoms. The van der Waals surface area contributed by atoms with Crippen LogP contribution in [0.25, 0.3) is 10.9 Å². The Morgan fingerprint density at radius 2 is 1.54 bits per heavy atom. The van der Waals surface area contributed by atoms with Gasteiger partial charge in [-0.1, -0.05) is 85.8 Å². The molecule has 1 aliphatic rings. The number of hydrogen-bond acceptors (Lipinski definition) is 2. The van der Waals surface area contributed by atoms with Gasteiger partial charge in [0.2, 0.25) is 5.91 Å². The van der Waals surface area contributed by atoms with E-state index < -0.39 is 0 Å². The molecule has 3 aromatic carbocycles. The monoisotopic (exact) mass is 465 g/mol. The van der Waals surface area contributed by atoms with E-state index in [-0.39, 0.29) is 11.8 Å². The first-order chi connectivity index (χ1) is 17.2. The van der Waals surface area contributed by atoms with Crippen LogP contribution < -0.4 is 5.32 Å². The van der Waals surface area contributed by atoms with Crippen LogP contribution in [0.3, 0.4) is 0 Å². The number of nitrogens with zero attached hydrogens (tertiary/aromatic N) is 2. The van der Waals surface area contributed by atoms with Gasteiger partial charge in [-0.2, -0.15) is 0 Å². The number of carbonyl (C=O) groups excluding carboxylic acids is 1. The normalized spacial score (nSPS) is 15.8.